The number of benzene rings is 1. The first-order chi connectivity index (χ1) is 11.7. The molecule has 0 aromatic heterocycles. The maximum Gasteiger partial charge on any atom is 0.251 e. The van der Waals surface area contributed by atoms with Gasteiger partial charge in [0.05, 0.1) is 5.69 Å². The van der Waals surface area contributed by atoms with Gasteiger partial charge in [0.1, 0.15) is 5.82 Å². The number of nitrogens with zero attached hydrogens (tertiary/aromatic N) is 2. The van der Waals surface area contributed by atoms with Crippen molar-refractivity contribution in [3.8, 4) is 0 Å². The van der Waals surface area contributed by atoms with Gasteiger partial charge in [-0.05, 0) is 50.7 Å². The highest BCUT2D eigenvalue weighted by atomic mass is 35.5. The van der Waals surface area contributed by atoms with E-state index in [4.69, 9.17) is 0 Å². The van der Waals surface area contributed by atoms with Crippen LogP contribution < -0.4 is 15.5 Å². The van der Waals surface area contributed by atoms with Crippen LogP contribution in [-0.2, 0) is 0 Å². The van der Waals surface area contributed by atoms with E-state index in [1.807, 2.05) is 0 Å². The Hall–Kier alpha value is -1.08. The molecule has 148 valence electrons. The highest BCUT2D eigenvalue weighted by Crippen LogP contribution is 2.22. The van der Waals surface area contributed by atoms with Gasteiger partial charge in [0.2, 0.25) is 0 Å². The summed E-state index contributed by atoms with van der Waals surface area (Å²) in [5.74, 6) is -0.485. The van der Waals surface area contributed by atoms with Gasteiger partial charge in [0.25, 0.3) is 5.91 Å². The van der Waals surface area contributed by atoms with Crippen LogP contribution in [0, 0.1) is 5.82 Å². The molecule has 0 radical (unpaired) electrons. The molecule has 0 bridgehead atoms. The third kappa shape index (κ3) is 5.71. The SMILES string of the molecule is CCN1CCN(c2ccc(C(=O)NC3CCNCC3)cc2F)CC1.Cl.Cl. The van der Waals surface area contributed by atoms with Crippen LogP contribution in [0.4, 0.5) is 10.1 Å². The predicted molar refractivity (Wildman–Crippen MR) is 109 cm³/mol. The van der Waals surface area contributed by atoms with Crippen molar-refractivity contribution in [1.29, 1.82) is 0 Å². The number of halogens is 3. The molecule has 0 unspecified atom stereocenters. The summed E-state index contributed by atoms with van der Waals surface area (Å²) in [5, 5.41) is 6.28. The molecule has 2 saturated heterocycles. The summed E-state index contributed by atoms with van der Waals surface area (Å²) >= 11 is 0. The van der Waals surface area contributed by atoms with Crippen LogP contribution in [0.25, 0.3) is 0 Å². The zero-order valence-electron chi connectivity index (χ0n) is 15.2. The molecule has 0 aliphatic carbocycles. The van der Waals surface area contributed by atoms with Gasteiger partial charge in [-0.1, -0.05) is 6.92 Å². The third-order valence-electron chi connectivity index (χ3n) is 5.04. The number of nitrogens with one attached hydrogen (secondary N) is 2. The van der Waals surface area contributed by atoms with Crippen molar-refractivity contribution >= 4 is 36.4 Å². The van der Waals surface area contributed by atoms with E-state index in [1.54, 1.807) is 12.1 Å². The number of hydrogen-bond donors (Lipinski definition) is 2. The minimum Gasteiger partial charge on any atom is -0.367 e. The second-order valence-electron chi connectivity index (χ2n) is 6.59. The molecule has 2 N–H and O–H groups in total. The van der Waals surface area contributed by atoms with Crippen molar-refractivity contribution in [2.24, 2.45) is 0 Å². The first-order valence-corrected chi connectivity index (χ1v) is 8.96. The van der Waals surface area contributed by atoms with E-state index >= 15 is 0 Å². The average molecular weight is 407 g/mol. The average Bonchev–Trinajstić information content (AvgIpc) is 2.62. The predicted octanol–water partition coefficient (Wildman–Crippen LogP) is 2.29. The number of likely N-dealkylation sites (N-methyl/N-ethyl adjacent to an activating group) is 1. The van der Waals surface area contributed by atoms with Crippen LogP contribution >= 0.6 is 24.8 Å². The van der Waals surface area contributed by atoms with Crippen molar-refractivity contribution in [2.45, 2.75) is 25.8 Å². The van der Waals surface area contributed by atoms with Gasteiger partial charge in [-0.2, -0.15) is 0 Å². The fraction of sp³-hybridized carbons (Fsp3) is 0.611. The molecule has 0 saturated carbocycles. The fourth-order valence-corrected chi connectivity index (χ4v) is 3.44. The minimum atomic E-state index is -0.307. The van der Waals surface area contributed by atoms with Gasteiger partial charge < -0.3 is 20.4 Å². The van der Waals surface area contributed by atoms with Gasteiger partial charge >= 0.3 is 0 Å². The Bertz CT molecular complexity index is 576. The number of piperidine rings is 1. The third-order valence-corrected chi connectivity index (χ3v) is 5.04. The Kier molecular flexibility index (Phi) is 9.64. The van der Waals surface area contributed by atoms with E-state index in [0.717, 1.165) is 58.7 Å². The maximum atomic E-state index is 14.5. The number of carbonyl (C=O) groups excluding carboxylic acids is 1. The van der Waals surface area contributed by atoms with Crippen molar-refractivity contribution in [2.75, 3.05) is 50.7 Å². The van der Waals surface area contributed by atoms with Crippen molar-refractivity contribution in [1.82, 2.24) is 15.5 Å². The standard InChI is InChI=1S/C18H27FN4O.2ClH/c1-2-22-9-11-23(12-10-22)17-4-3-14(13-16(17)19)18(24)21-15-5-7-20-8-6-15;;/h3-4,13,15,20H,2,5-12H2,1H3,(H,21,24);2*1H. The maximum absolute atomic E-state index is 14.5. The number of rotatable bonds is 4. The molecule has 1 amide bonds. The Morgan fingerprint density at radius 1 is 1.19 bits per heavy atom. The molecular formula is C18H29Cl2FN4O. The molecule has 5 nitrogen and oxygen atoms in total. The lowest BCUT2D eigenvalue weighted by molar-refractivity contribution is 0.0929. The molecule has 1 aromatic carbocycles. The van der Waals surface area contributed by atoms with E-state index < -0.39 is 0 Å². The summed E-state index contributed by atoms with van der Waals surface area (Å²) < 4.78 is 14.5. The molecule has 8 heteroatoms. The van der Waals surface area contributed by atoms with Gasteiger partial charge in [-0.25, -0.2) is 4.39 Å². The monoisotopic (exact) mass is 406 g/mol. The largest absolute Gasteiger partial charge is 0.367 e. The molecular weight excluding hydrogens is 378 g/mol. The lowest BCUT2D eigenvalue weighted by Gasteiger charge is -2.35. The number of anilines is 1. The molecule has 0 spiro atoms. The van der Waals surface area contributed by atoms with Gasteiger partial charge in [-0.15, -0.1) is 24.8 Å². The first-order valence-electron chi connectivity index (χ1n) is 8.96. The highest BCUT2D eigenvalue weighted by Gasteiger charge is 2.21. The fourth-order valence-electron chi connectivity index (χ4n) is 3.44. The molecule has 0 atom stereocenters. The van der Waals surface area contributed by atoms with E-state index in [-0.39, 0.29) is 42.6 Å². The molecule has 2 heterocycles. The van der Waals surface area contributed by atoms with Gasteiger partial charge in [0, 0.05) is 37.8 Å². The number of carbonyl (C=O) groups is 1. The zero-order chi connectivity index (χ0) is 16.9. The Morgan fingerprint density at radius 2 is 1.85 bits per heavy atom. The topological polar surface area (TPSA) is 47.6 Å². The lowest BCUT2D eigenvalue weighted by atomic mass is 10.1. The van der Waals surface area contributed by atoms with Crippen LogP contribution in [0.5, 0.6) is 0 Å². The summed E-state index contributed by atoms with van der Waals surface area (Å²) in [6, 6.07) is 5.04. The van der Waals surface area contributed by atoms with E-state index in [0.29, 0.717) is 11.3 Å². The molecule has 26 heavy (non-hydrogen) atoms. The van der Waals surface area contributed by atoms with E-state index in [9.17, 15) is 9.18 Å². The Morgan fingerprint density at radius 3 is 2.42 bits per heavy atom. The summed E-state index contributed by atoms with van der Waals surface area (Å²) in [5.41, 5.74) is 1.01. The van der Waals surface area contributed by atoms with Crippen LogP contribution in [0.3, 0.4) is 0 Å². The summed E-state index contributed by atoms with van der Waals surface area (Å²) in [6.45, 7) is 8.57. The minimum absolute atomic E-state index is 0. The van der Waals surface area contributed by atoms with Crippen molar-refractivity contribution in [3.63, 3.8) is 0 Å². The van der Waals surface area contributed by atoms with E-state index in [1.165, 1.54) is 6.07 Å². The number of hydrogen-bond acceptors (Lipinski definition) is 4. The summed E-state index contributed by atoms with van der Waals surface area (Å²) in [7, 11) is 0. The highest BCUT2D eigenvalue weighted by molar-refractivity contribution is 5.94. The smallest absolute Gasteiger partial charge is 0.251 e. The Labute approximate surface area is 167 Å². The molecule has 1 aromatic rings. The number of amides is 1. The molecule has 2 fully saturated rings. The quantitative estimate of drug-likeness (QED) is 0.804. The normalized spacial score (nSPS) is 18.6. The van der Waals surface area contributed by atoms with Gasteiger partial charge in [0.15, 0.2) is 0 Å². The first kappa shape index (κ1) is 23.0. The Balaban J connectivity index is 0.00000169. The van der Waals surface area contributed by atoms with Crippen molar-refractivity contribution in [3.05, 3.63) is 29.6 Å². The lowest BCUT2D eigenvalue weighted by Crippen LogP contribution is -2.46. The summed E-state index contributed by atoms with van der Waals surface area (Å²) in [6.07, 6.45) is 1.85. The second-order valence-corrected chi connectivity index (χ2v) is 6.59. The van der Waals surface area contributed by atoms with E-state index in [2.05, 4.69) is 27.4 Å². The summed E-state index contributed by atoms with van der Waals surface area (Å²) in [4.78, 5) is 16.7. The van der Waals surface area contributed by atoms with Crippen LogP contribution in [0.15, 0.2) is 18.2 Å². The number of piperazine rings is 1. The molecule has 2 aliphatic heterocycles. The van der Waals surface area contributed by atoms with Crippen molar-refractivity contribution < 1.29 is 9.18 Å². The molecule has 2 aliphatic rings. The van der Waals surface area contributed by atoms with Crippen LogP contribution in [0.2, 0.25) is 0 Å². The molecule has 3 rings (SSSR count). The second kappa shape index (κ2) is 10.9. The zero-order valence-corrected chi connectivity index (χ0v) is 16.8. The van der Waals surface area contributed by atoms with Crippen LogP contribution in [-0.4, -0.2) is 62.7 Å². The van der Waals surface area contributed by atoms with Crippen LogP contribution in [0.1, 0.15) is 30.1 Å². The van der Waals surface area contributed by atoms with Gasteiger partial charge in [-0.3, -0.25) is 4.79 Å².